The molecule has 0 radical (unpaired) electrons. The van der Waals surface area contributed by atoms with Crippen molar-refractivity contribution < 1.29 is 47.0 Å². The Morgan fingerprint density at radius 3 is 2.09 bits per heavy atom. The van der Waals surface area contributed by atoms with Gasteiger partial charge >= 0.3 is 18.1 Å². The number of nitrogens with one attached hydrogen (secondary N) is 2. The number of hydrogen-bond donors (Lipinski definition) is 5. The number of carbonyl (C=O) groups excluding carboxylic acids is 4. The maximum absolute atomic E-state index is 12.5. The topological polar surface area (TPSA) is 191 Å². The lowest BCUT2D eigenvalue weighted by Gasteiger charge is -2.21. The molecule has 190 valence electrons. The Morgan fingerprint density at radius 1 is 1.09 bits per heavy atom. The third-order valence-electron chi connectivity index (χ3n) is 3.66. The molecular weight excluding hydrogens is 453 g/mol. The number of aliphatic carboxylic acids is 1. The minimum absolute atomic E-state index is 0.0378. The second kappa shape index (κ2) is 17.4. The monoisotopic (exact) mass is 484 g/mol. The molecular formula is C19H31F3N4O7. The van der Waals surface area contributed by atoms with Crippen LogP contribution in [0.25, 0.3) is 0 Å². The second-order valence-electron chi connectivity index (χ2n) is 6.57. The van der Waals surface area contributed by atoms with Gasteiger partial charge in [0.25, 0.3) is 0 Å². The van der Waals surface area contributed by atoms with E-state index < -0.39 is 42.0 Å². The Kier molecular flexibility index (Phi) is 16.9. The van der Waals surface area contributed by atoms with E-state index in [0.717, 1.165) is 6.42 Å². The maximum atomic E-state index is 12.5. The van der Waals surface area contributed by atoms with Crippen LogP contribution in [0.4, 0.5) is 13.2 Å². The number of carbonyl (C=O) groups is 5. The van der Waals surface area contributed by atoms with Gasteiger partial charge in [0.1, 0.15) is 6.04 Å². The van der Waals surface area contributed by atoms with Gasteiger partial charge in [-0.15, -0.1) is 0 Å². The molecule has 14 heteroatoms. The highest BCUT2D eigenvalue weighted by Crippen LogP contribution is 2.13. The zero-order valence-corrected chi connectivity index (χ0v) is 18.4. The lowest BCUT2D eigenvalue weighted by atomic mass is 10.1. The number of rotatable bonds is 13. The number of nitrogens with two attached hydrogens (primary N) is 2. The standard InChI is InChI=1S/C17H30N4O5.C2HF3O2/c1-3-26-16(24)10-8-13(7-9-15(19)23)21-17(25)14(20-12(2)22)6-4-5-11-18;3-2(4,5)1(6)7/h8,10,13-14H,3-7,9,11,18H2,1-2H3,(H2,19,23)(H,20,22)(H,21,25);(H,6,7)/b10-8+;/t13-,14-;/m0./s1. The molecule has 0 saturated carbocycles. The summed E-state index contributed by atoms with van der Waals surface area (Å²) in [6.07, 6.45) is -0.326. The van der Waals surface area contributed by atoms with Gasteiger partial charge in [-0.05, 0) is 39.2 Å². The van der Waals surface area contributed by atoms with E-state index in [2.05, 4.69) is 10.6 Å². The van der Waals surface area contributed by atoms with Crippen LogP contribution in [0.15, 0.2) is 12.2 Å². The Bertz CT molecular complexity index is 685. The van der Waals surface area contributed by atoms with Gasteiger partial charge in [0, 0.05) is 25.5 Å². The van der Waals surface area contributed by atoms with Crippen LogP contribution in [0, 0.1) is 0 Å². The minimum atomic E-state index is -5.08. The molecule has 0 unspecified atom stereocenters. The third kappa shape index (κ3) is 19.3. The molecule has 0 heterocycles. The van der Waals surface area contributed by atoms with Crippen molar-refractivity contribution in [3.05, 3.63) is 12.2 Å². The number of hydrogen-bond acceptors (Lipinski definition) is 7. The molecule has 3 amide bonds. The largest absolute Gasteiger partial charge is 0.490 e. The van der Waals surface area contributed by atoms with Crippen LogP contribution in [-0.2, 0) is 28.7 Å². The van der Waals surface area contributed by atoms with Gasteiger partial charge < -0.3 is 31.9 Å². The summed E-state index contributed by atoms with van der Waals surface area (Å²) in [4.78, 5) is 55.1. The Balaban J connectivity index is 0. The average molecular weight is 484 g/mol. The number of primary amides is 1. The smallest absolute Gasteiger partial charge is 0.475 e. The summed E-state index contributed by atoms with van der Waals surface area (Å²) >= 11 is 0. The van der Waals surface area contributed by atoms with Crippen molar-refractivity contribution in [2.45, 2.75) is 64.2 Å². The first-order valence-electron chi connectivity index (χ1n) is 9.95. The molecule has 0 aromatic carbocycles. The highest BCUT2D eigenvalue weighted by Gasteiger charge is 2.38. The highest BCUT2D eigenvalue weighted by atomic mass is 19.4. The zero-order chi connectivity index (χ0) is 26.0. The van der Waals surface area contributed by atoms with E-state index >= 15 is 0 Å². The van der Waals surface area contributed by atoms with Crippen molar-refractivity contribution in [3.63, 3.8) is 0 Å². The number of halogens is 3. The van der Waals surface area contributed by atoms with E-state index in [-0.39, 0.29) is 25.4 Å². The first kappa shape index (κ1) is 32.0. The fourth-order valence-electron chi connectivity index (χ4n) is 2.19. The molecule has 0 aromatic heterocycles. The van der Waals surface area contributed by atoms with Crippen LogP contribution in [0.1, 0.15) is 46.0 Å². The predicted octanol–water partition coefficient (Wildman–Crippen LogP) is 0.123. The molecule has 0 rings (SSSR count). The van der Waals surface area contributed by atoms with Crippen molar-refractivity contribution in [1.29, 1.82) is 0 Å². The Morgan fingerprint density at radius 2 is 1.67 bits per heavy atom. The van der Waals surface area contributed by atoms with Crippen LogP contribution in [0.2, 0.25) is 0 Å². The zero-order valence-electron chi connectivity index (χ0n) is 18.4. The van der Waals surface area contributed by atoms with Gasteiger partial charge in [-0.25, -0.2) is 9.59 Å². The molecule has 0 spiro atoms. The van der Waals surface area contributed by atoms with Crippen LogP contribution in [0.3, 0.4) is 0 Å². The summed E-state index contributed by atoms with van der Waals surface area (Å²) < 4.78 is 36.5. The summed E-state index contributed by atoms with van der Waals surface area (Å²) in [6.45, 7) is 3.73. The van der Waals surface area contributed by atoms with Crippen molar-refractivity contribution in [3.8, 4) is 0 Å². The van der Waals surface area contributed by atoms with Crippen molar-refractivity contribution >= 4 is 29.7 Å². The van der Waals surface area contributed by atoms with Gasteiger partial charge in [-0.2, -0.15) is 13.2 Å². The van der Waals surface area contributed by atoms with Crippen molar-refractivity contribution in [1.82, 2.24) is 10.6 Å². The van der Waals surface area contributed by atoms with E-state index in [4.69, 9.17) is 26.1 Å². The normalized spacial score (nSPS) is 12.7. The summed E-state index contributed by atoms with van der Waals surface area (Å²) in [6, 6.07) is -1.31. The summed E-state index contributed by atoms with van der Waals surface area (Å²) in [7, 11) is 0. The van der Waals surface area contributed by atoms with E-state index in [1.54, 1.807) is 6.92 Å². The van der Waals surface area contributed by atoms with Gasteiger partial charge in [0.05, 0.1) is 6.61 Å². The molecule has 7 N–H and O–H groups in total. The van der Waals surface area contributed by atoms with E-state index in [1.807, 2.05) is 0 Å². The lowest BCUT2D eigenvalue weighted by molar-refractivity contribution is -0.192. The first-order valence-corrected chi connectivity index (χ1v) is 9.95. The van der Waals surface area contributed by atoms with E-state index in [9.17, 15) is 32.3 Å². The van der Waals surface area contributed by atoms with Crippen LogP contribution in [0.5, 0.6) is 0 Å². The number of carboxylic acids is 1. The molecule has 0 aliphatic heterocycles. The number of amides is 3. The van der Waals surface area contributed by atoms with Gasteiger partial charge in [-0.3, -0.25) is 14.4 Å². The SMILES string of the molecule is CCOC(=O)/C=C/[C@H](CCC(N)=O)NC(=O)[C@H](CCCCN)NC(C)=O.O=C(O)C(F)(F)F. The summed E-state index contributed by atoms with van der Waals surface area (Å²) in [5.74, 6) is -4.55. The number of unbranched alkanes of at least 4 members (excludes halogenated alkanes) is 1. The molecule has 0 aromatic rings. The van der Waals surface area contributed by atoms with Gasteiger partial charge in [0.2, 0.25) is 17.7 Å². The molecule has 0 fully saturated rings. The quantitative estimate of drug-likeness (QED) is 0.138. The number of carboxylic acid groups (broad SMARTS) is 1. The second-order valence-corrected chi connectivity index (χ2v) is 6.57. The van der Waals surface area contributed by atoms with Gasteiger partial charge in [-0.1, -0.05) is 6.08 Å². The predicted molar refractivity (Wildman–Crippen MR) is 110 cm³/mol. The lowest BCUT2D eigenvalue weighted by Crippen LogP contribution is -2.49. The van der Waals surface area contributed by atoms with E-state index in [1.165, 1.54) is 19.1 Å². The van der Waals surface area contributed by atoms with Crippen LogP contribution >= 0.6 is 0 Å². The number of ether oxygens (including phenoxy) is 1. The van der Waals surface area contributed by atoms with E-state index in [0.29, 0.717) is 19.4 Å². The molecule has 0 aliphatic carbocycles. The van der Waals surface area contributed by atoms with Crippen LogP contribution < -0.4 is 22.1 Å². The molecule has 0 bridgehead atoms. The third-order valence-corrected chi connectivity index (χ3v) is 3.66. The van der Waals surface area contributed by atoms with Crippen LogP contribution in [-0.4, -0.2) is 66.2 Å². The first-order chi connectivity index (χ1) is 15.2. The Hall–Kier alpha value is -3.16. The Labute approximate surface area is 189 Å². The molecule has 11 nitrogen and oxygen atoms in total. The molecule has 2 atom stereocenters. The number of alkyl halides is 3. The molecule has 0 aliphatic rings. The van der Waals surface area contributed by atoms with Gasteiger partial charge in [0.15, 0.2) is 0 Å². The number of esters is 1. The summed E-state index contributed by atoms with van der Waals surface area (Å²) in [5.41, 5.74) is 10.6. The highest BCUT2D eigenvalue weighted by molar-refractivity contribution is 5.87. The van der Waals surface area contributed by atoms with Crippen molar-refractivity contribution in [2.75, 3.05) is 13.2 Å². The molecule has 33 heavy (non-hydrogen) atoms. The fraction of sp³-hybridized carbons (Fsp3) is 0.632. The summed E-state index contributed by atoms with van der Waals surface area (Å²) in [5, 5.41) is 12.4. The fourth-order valence-corrected chi connectivity index (χ4v) is 2.19. The minimum Gasteiger partial charge on any atom is -0.475 e. The maximum Gasteiger partial charge on any atom is 0.490 e. The molecule has 0 saturated heterocycles. The average Bonchev–Trinajstić information content (AvgIpc) is 2.68. The van der Waals surface area contributed by atoms with Crippen molar-refractivity contribution in [2.24, 2.45) is 11.5 Å².